The van der Waals surface area contributed by atoms with Crippen molar-refractivity contribution in [2.24, 2.45) is 0 Å². The summed E-state index contributed by atoms with van der Waals surface area (Å²) >= 11 is 0. The Balaban J connectivity index is 2.14. The van der Waals surface area contributed by atoms with Crippen LogP contribution in [0.25, 0.3) is 0 Å². The van der Waals surface area contributed by atoms with Gasteiger partial charge in [0, 0.05) is 24.5 Å². The molecule has 1 atom stereocenters. The first-order valence-corrected chi connectivity index (χ1v) is 5.91. The lowest BCUT2D eigenvalue weighted by molar-refractivity contribution is -0.118. The monoisotopic (exact) mass is 257 g/mol. The molecule has 0 aliphatic rings. The van der Waals surface area contributed by atoms with E-state index in [4.69, 9.17) is 5.73 Å². The van der Waals surface area contributed by atoms with Crippen molar-refractivity contribution in [3.8, 4) is 0 Å². The Kier molecular flexibility index (Phi) is 3.66. The molecule has 5 nitrogen and oxygen atoms in total. The molecule has 3 N–H and O–H groups in total. The number of amides is 1. The number of hydrogen-bond donors (Lipinski definition) is 2. The lowest BCUT2D eigenvalue weighted by Crippen LogP contribution is -2.24. The van der Waals surface area contributed by atoms with Crippen molar-refractivity contribution in [1.29, 1.82) is 0 Å². The number of benzene rings is 1. The molecule has 1 amide bonds. The molecule has 0 saturated carbocycles. The third-order valence-electron chi connectivity index (χ3n) is 2.87. The fraction of sp³-hybridized carbons (Fsp3) is 0.143. The molecule has 0 radical (unpaired) electrons. The maximum absolute atomic E-state index is 12.1. The fourth-order valence-electron chi connectivity index (χ4n) is 1.67. The highest BCUT2D eigenvalue weighted by Crippen LogP contribution is 2.18. The van der Waals surface area contributed by atoms with E-state index in [0.29, 0.717) is 11.4 Å². The minimum Gasteiger partial charge on any atom is -0.397 e. The van der Waals surface area contributed by atoms with Gasteiger partial charge in [0.15, 0.2) is 5.43 Å². The zero-order chi connectivity index (χ0) is 13.8. The van der Waals surface area contributed by atoms with Gasteiger partial charge in [-0.2, -0.15) is 0 Å². The number of anilines is 2. The topological polar surface area (TPSA) is 77.1 Å². The minimum atomic E-state index is -0.430. The van der Waals surface area contributed by atoms with E-state index in [1.807, 2.05) is 0 Å². The number of carbonyl (C=O) groups excluding carboxylic acids is 1. The van der Waals surface area contributed by atoms with E-state index in [-0.39, 0.29) is 11.3 Å². The van der Waals surface area contributed by atoms with Crippen molar-refractivity contribution < 1.29 is 4.79 Å². The first-order chi connectivity index (χ1) is 9.08. The standard InChI is InChI=1S/C14H15N3O2/c1-10(17-8-6-11(18)7-9-17)14(19)16-13-5-3-2-4-12(13)15/h2-10H,15H2,1H3,(H,16,19). The van der Waals surface area contributed by atoms with Crippen LogP contribution in [-0.2, 0) is 4.79 Å². The number of aromatic nitrogens is 1. The normalized spacial score (nSPS) is 11.8. The molecule has 5 heteroatoms. The van der Waals surface area contributed by atoms with E-state index in [0.717, 1.165) is 0 Å². The first-order valence-electron chi connectivity index (χ1n) is 5.91. The number of para-hydroxylation sites is 2. The van der Waals surface area contributed by atoms with Gasteiger partial charge >= 0.3 is 0 Å². The molecular formula is C14H15N3O2. The van der Waals surface area contributed by atoms with Crippen molar-refractivity contribution >= 4 is 17.3 Å². The molecule has 1 aromatic heterocycles. The number of nitrogens with one attached hydrogen (secondary N) is 1. The van der Waals surface area contributed by atoms with Gasteiger partial charge in [-0.25, -0.2) is 0 Å². The predicted octanol–water partition coefficient (Wildman–Crippen LogP) is 1.63. The lowest BCUT2D eigenvalue weighted by atomic mass is 10.2. The summed E-state index contributed by atoms with van der Waals surface area (Å²) in [4.78, 5) is 23.1. The lowest BCUT2D eigenvalue weighted by Gasteiger charge is -2.16. The number of nitrogen functional groups attached to an aromatic ring is 1. The summed E-state index contributed by atoms with van der Waals surface area (Å²) in [5.41, 5.74) is 6.78. The molecule has 0 saturated heterocycles. The van der Waals surface area contributed by atoms with Crippen LogP contribution < -0.4 is 16.5 Å². The zero-order valence-electron chi connectivity index (χ0n) is 10.5. The average Bonchev–Trinajstić information content (AvgIpc) is 2.41. The number of nitrogens with zero attached hydrogens (tertiary/aromatic N) is 1. The largest absolute Gasteiger partial charge is 0.397 e. The number of nitrogens with two attached hydrogens (primary N) is 1. The Hall–Kier alpha value is -2.56. The van der Waals surface area contributed by atoms with E-state index in [1.165, 1.54) is 12.1 Å². The Morgan fingerprint density at radius 2 is 1.84 bits per heavy atom. The Bertz CT molecular complexity index is 629. The highest BCUT2D eigenvalue weighted by atomic mass is 16.2. The van der Waals surface area contributed by atoms with Crippen LogP contribution in [0.5, 0.6) is 0 Å². The Labute approximate surface area is 110 Å². The van der Waals surface area contributed by atoms with Gasteiger partial charge in [0.1, 0.15) is 6.04 Å². The summed E-state index contributed by atoms with van der Waals surface area (Å²) in [6.07, 6.45) is 3.17. The van der Waals surface area contributed by atoms with Crippen molar-refractivity contribution in [2.45, 2.75) is 13.0 Å². The number of carbonyl (C=O) groups is 1. The minimum absolute atomic E-state index is 0.0869. The van der Waals surface area contributed by atoms with Crippen LogP contribution in [0.2, 0.25) is 0 Å². The Morgan fingerprint density at radius 1 is 1.21 bits per heavy atom. The van der Waals surface area contributed by atoms with Crippen molar-refractivity contribution in [3.05, 3.63) is 59.0 Å². The van der Waals surface area contributed by atoms with Gasteiger partial charge < -0.3 is 15.6 Å². The summed E-state index contributed by atoms with van der Waals surface area (Å²) in [5.74, 6) is -0.193. The van der Waals surface area contributed by atoms with Gasteiger partial charge in [0.05, 0.1) is 11.4 Å². The second-order valence-electron chi connectivity index (χ2n) is 4.23. The van der Waals surface area contributed by atoms with Crippen LogP contribution >= 0.6 is 0 Å². The van der Waals surface area contributed by atoms with Gasteiger partial charge in [-0.15, -0.1) is 0 Å². The van der Waals surface area contributed by atoms with Crippen LogP contribution in [0.3, 0.4) is 0 Å². The number of rotatable bonds is 3. The smallest absolute Gasteiger partial charge is 0.247 e. The average molecular weight is 257 g/mol. The van der Waals surface area contributed by atoms with Gasteiger partial charge in [-0.1, -0.05) is 12.1 Å². The quantitative estimate of drug-likeness (QED) is 0.820. The number of hydrogen-bond acceptors (Lipinski definition) is 3. The summed E-state index contributed by atoms with van der Waals surface area (Å²) in [6.45, 7) is 1.75. The molecule has 1 aromatic carbocycles. The molecule has 2 aromatic rings. The molecular weight excluding hydrogens is 242 g/mol. The fourth-order valence-corrected chi connectivity index (χ4v) is 1.67. The van der Waals surface area contributed by atoms with E-state index >= 15 is 0 Å². The molecule has 0 aliphatic heterocycles. The Morgan fingerprint density at radius 3 is 2.47 bits per heavy atom. The van der Waals surface area contributed by atoms with Gasteiger partial charge in [-0.3, -0.25) is 9.59 Å². The predicted molar refractivity (Wildman–Crippen MR) is 74.9 cm³/mol. The van der Waals surface area contributed by atoms with Crippen LogP contribution in [0.15, 0.2) is 53.6 Å². The van der Waals surface area contributed by atoms with Crippen LogP contribution in [0.4, 0.5) is 11.4 Å². The van der Waals surface area contributed by atoms with E-state index in [9.17, 15) is 9.59 Å². The highest BCUT2D eigenvalue weighted by Gasteiger charge is 2.14. The molecule has 19 heavy (non-hydrogen) atoms. The van der Waals surface area contributed by atoms with E-state index < -0.39 is 6.04 Å². The summed E-state index contributed by atoms with van der Waals surface area (Å²) < 4.78 is 1.66. The first kappa shape index (κ1) is 12.9. The van der Waals surface area contributed by atoms with Crippen LogP contribution in [0.1, 0.15) is 13.0 Å². The molecule has 1 heterocycles. The van der Waals surface area contributed by atoms with Gasteiger partial charge in [-0.05, 0) is 19.1 Å². The number of pyridine rings is 1. The molecule has 2 rings (SSSR count). The molecule has 0 spiro atoms. The summed E-state index contributed by atoms with van der Waals surface area (Å²) in [5, 5.41) is 2.76. The van der Waals surface area contributed by atoms with Crippen molar-refractivity contribution in [2.75, 3.05) is 11.1 Å². The van der Waals surface area contributed by atoms with Crippen LogP contribution in [0, 0.1) is 0 Å². The summed E-state index contributed by atoms with van der Waals surface area (Å²) in [7, 11) is 0. The van der Waals surface area contributed by atoms with Crippen LogP contribution in [-0.4, -0.2) is 10.5 Å². The molecule has 98 valence electrons. The third-order valence-corrected chi connectivity index (χ3v) is 2.87. The molecule has 0 aliphatic carbocycles. The molecule has 0 fully saturated rings. The zero-order valence-corrected chi connectivity index (χ0v) is 10.5. The van der Waals surface area contributed by atoms with Gasteiger partial charge in [0.2, 0.25) is 5.91 Å². The van der Waals surface area contributed by atoms with Crippen molar-refractivity contribution in [3.63, 3.8) is 0 Å². The molecule has 1 unspecified atom stereocenters. The highest BCUT2D eigenvalue weighted by molar-refractivity contribution is 5.96. The summed E-state index contributed by atoms with van der Waals surface area (Å²) in [6, 6.07) is 9.47. The van der Waals surface area contributed by atoms with E-state index in [1.54, 1.807) is 48.1 Å². The maximum atomic E-state index is 12.1. The van der Waals surface area contributed by atoms with Crippen molar-refractivity contribution in [1.82, 2.24) is 4.57 Å². The third kappa shape index (κ3) is 3.01. The van der Waals surface area contributed by atoms with Gasteiger partial charge in [0.25, 0.3) is 0 Å². The van der Waals surface area contributed by atoms with E-state index in [2.05, 4.69) is 5.32 Å². The SMILES string of the molecule is CC(C(=O)Nc1ccccc1N)n1ccc(=O)cc1. The molecule has 0 bridgehead atoms. The maximum Gasteiger partial charge on any atom is 0.247 e. The second kappa shape index (κ2) is 5.39. The second-order valence-corrected chi connectivity index (χ2v) is 4.23.